The highest BCUT2D eigenvalue weighted by atomic mass is 79.9. The van der Waals surface area contributed by atoms with Crippen molar-refractivity contribution in [3.63, 3.8) is 0 Å². The van der Waals surface area contributed by atoms with Crippen LogP contribution < -0.4 is 4.72 Å². The molecule has 1 N–H and O–H groups in total. The number of hydrogen-bond donors (Lipinski definition) is 1. The first-order valence-corrected chi connectivity index (χ1v) is 9.53. The van der Waals surface area contributed by atoms with Gasteiger partial charge in [-0.25, -0.2) is 13.1 Å². The second-order valence-electron chi connectivity index (χ2n) is 5.56. The van der Waals surface area contributed by atoms with E-state index >= 15 is 0 Å². The molecule has 0 spiro atoms. The number of nitrogens with one attached hydrogen (secondary N) is 1. The van der Waals surface area contributed by atoms with Gasteiger partial charge in [0.2, 0.25) is 0 Å². The van der Waals surface area contributed by atoms with Crippen molar-refractivity contribution < 1.29 is 17.7 Å². The third-order valence-corrected chi connectivity index (χ3v) is 5.68. The standard InChI is InChI=1S/C16H14BrN3O4S/c1-8-6-13(12-5-4-11(17)7-14(12)18-8)16(21)20-25(22,23)15-9(2)19-24-10(15)3/h4-7H,1-3H3,(H,20,21). The number of nitrogens with zero attached hydrogens (tertiary/aromatic N) is 2. The summed E-state index contributed by atoms with van der Waals surface area (Å²) in [5.41, 5.74) is 1.61. The molecular weight excluding hydrogens is 410 g/mol. The van der Waals surface area contributed by atoms with Crippen LogP contribution in [0.1, 0.15) is 27.5 Å². The van der Waals surface area contributed by atoms with Gasteiger partial charge in [0.1, 0.15) is 5.69 Å². The molecule has 0 radical (unpaired) electrons. The second kappa shape index (κ2) is 6.23. The monoisotopic (exact) mass is 423 g/mol. The maximum absolute atomic E-state index is 12.6. The summed E-state index contributed by atoms with van der Waals surface area (Å²) < 4.78 is 32.9. The minimum atomic E-state index is -4.10. The molecule has 7 nitrogen and oxygen atoms in total. The molecule has 3 rings (SSSR count). The Morgan fingerprint density at radius 3 is 2.56 bits per heavy atom. The van der Waals surface area contributed by atoms with Gasteiger partial charge in [-0.2, -0.15) is 0 Å². The minimum absolute atomic E-state index is 0.123. The SMILES string of the molecule is Cc1cc(C(=O)NS(=O)(=O)c2c(C)noc2C)c2ccc(Br)cc2n1. The zero-order valence-electron chi connectivity index (χ0n) is 13.6. The normalized spacial score (nSPS) is 11.7. The molecule has 0 aliphatic rings. The molecule has 0 bridgehead atoms. The minimum Gasteiger partial charge on any atom is -0.360 e. The van der Waals surface area contributed by atoms with Gasteiger partial charge in [0.15, 0.2) is 10.7 Å². The van der Waals surface area contributed by atoms with Crippen molar-refractivity contribution in [2.24, 2.45) is 0 Å². The molecule has 1 amide bonds. The number of hydrogen-bond acceptors (Lipinski definition) is 6. The van der Waals surface area contributed by atoms with Crippen LogP contribution in [0.3, 0.4) is 0 Å². The van der Waals surface area contributed by atoms with Crippen molar-refractivity contribution in [1.82, 2.24) is 14.9 Å². The number of aryl methyl sites for hydroxylation is 3. The number of fused-ring (bicyclic) bond motifs is 1. The Balaban J connectivity index is 2.06. The number of amides is 1. The molecule has 0 aliphatic heterocycles. The molecule has 2 aromatic heterocycles. The zero-order valence-corrected chi connectivity index (χ0v) is 16.0. The largest absolute Gasteiger partial charge is 0.360 e. The van der Waals surface area contributed by atoms with Crippen LogP contribution >= 0.6 is 15.9 Å². The van der Waals surface area contributed by atoms with Crippen LogP contribution in [0.15, 0.2) is 38.2 Å². The van der Waals surface area contributed by atoms with Crippen LogP contribution in [-0.2, 0) is 10.0 Å². The van der Waals surface area contributed by atoms with Gasteiger partial charge >= 0.3 is 0 Å². The van der Waals surface area contributed by atoms with E-state index in [9.17, 15) is 13.2 Å². The van der Waals surface area contributed by atoms with Gasteiger partial charge in [0.05, 0.1) is 11.1 Å². The molecular formula is C16H14BrN3O4S. The molecule has 2 heterocycles. The molecule has 0 fully saturated rings. The summed E-state index contributed by atoms with van der Waals surface area (Å²) in [4.78, 5) is 16.9. The molecule has 0 atom stereocenters. The summed E-state index contributed by atoms with van der Waals surface area (Å²) in [6, 6.07) is 6.79. The van der Waals surface area contributed by atoms with E-state index in [1.807, 2.05) is 0 Å². The Hall–Kier alpha value is -2.26. The van der Waals surface area contributed by atoms with Crippen LogP contribution in [0.2, 0.25) is 0 Å². The van der Waals surface area contributed by atoms with Crippen molar-refractivity contribution in [1.29, 1.82) is 0 Å². The number of carbonyl (C=O) groups is 1. The highest BCUT2D eigenvalue weighted by Gasteiger charge is 2.27. The van der Waals surface area contributed by atoms with E-state index < -0.39 is 15.9 Å². The molecule has 0 unspecified atom stereocenters. The number of benzene rings is 1. The lowest BCUT2D eigenvalue weighted by Gasteiger charge is -2.10. The van der Waals surface area contributed by atoms with Gasteiger partial charge in [-0.1, -0.05) is 27.2 Å². The quantitative estimate of drug-likeness (QED) is 0.694. The van der Waals surface area contributed by atoms with Crippen LogP contribution in [0.25, 0.3) is 10.9 Å². The van der Waals surface area contributed by atoms with Gasteiger partial charge in [0.25, 0.3) is 15.9 Å². The number of rotatable bonds is 3. The fraction of sp³-hybridized carbons (Fsp3) is 0.188. The highest BCUT2D eigenvalue weighted by molar-refractivity contribution is 9.10. The van der Waals surface area contributed by atoms with Crippen molar-refractivity contribution in [3.8, 4) is 0 Å². The highest BCUT2D eigenvalue weighted by Crippen LogP contribution is 2.24. The summed E-state index contributed by atoms with van der Waals surface area (Å²) in [7, 11) is -4.10. The predicted molar refractivity (Wildman–Crippen MR) is 94.8 cm³/mol. The van der Waals surface area contributed by atoms with E-state index in [-0.39, 0.29) is 21.9 Å². The first-order valence-electron chi connectivity index (χ1n) is 7.26. The summed E-state index contributed by atoms with van der Waals surface area (Å²) in [5, 5.41) is 4.17. The summed E-state index contributed by atoms with van der Waals surface area (Å²) >= 11 is 3.36. The van der Waals surface area contributed by atoms with Gasteiger partial charge in [-0.05, 0) is 39.0 Å². The van der Waals surface area contributed by atoms with Gasteiger partial charge in [0, 0.05) is 15.6 Å². The van der Waals surface area contributed by atoms with E-state index in [0.717, 1.165) is 4.47 Å². The Morgan fingerprint density at radius 2 is 1.92 bits per heavy atom. The lowest BCUT2D eigenvalue weighted by Crippen LogP contribution is -2.31. The predicted octanol–water partition coefficient (Wildman–Crippen LogP) is 3.03. The number of sulfonamides is 1. The zero-order chi connectivity index (χ0) is 18.4. The maximum Gasteiger partial charge on any atom is 0.269 e. The lowest BCUT2D eigenvalue weighted by atomic mass is 10.1. The van der Waals surface area contributed by atoms with E-state index in [2.05, 4.69) is 30.8 Å². The van der Waals surface area contributed by atoms with E-state index in [4.69, 9.17) is 4.52 Å². The number of halogens is 1. The molecule has 130 valence electrons. The Morgan fingerprint density at radius 1 is 1.20 bits per heavy atom. The Labute approximate surface area is 152 Å². The summed E-state index contributed by atoms with van der Waals surface area (Å²) in [5.74, 6) is -0.615. The summed E-state index contributed by atoms with van der Waals surface area (Å²) in [6.45, 7) is 4.71. The number of pyridine rings is 1. The van der Waals surface area contributed by atoms with Crippen molar-refractivity contribution >= 4 is 42.8 Å². The molecule has 25 heavy (non-hydrogen) atoms. The average molecular weight is 424 g/mol. The van der Waals surface area contributed by atoms with Crippen LogP contribution in [0.5, 0.6) is 0 Å². The van der Waals surface area contributed by atoms with Gasteiger partial charge < -0.3 is 4.52 Å². The summed E-state index contributed by atoms with van der Waals surface area (Å²) in [6.07, 6.45) is 0. The van der Waals surface area contributed by atoms with Crippen LogP contribution in [-0.4, -0.2) is 24.5 Å². The topological polar surface area (TPSA) is 102 Å². The molecule has 1 aromatic carbocycles. The van der Waals surface area contributed by atoms with Gasteiger partial charge in [-0.3, -0.25) is 9.78 Å². The number of carbonyl (C=O) groups excluding carboxylic acids is 1. The average Bonchev–Trinajstić information content (AvgIpc) is 2.85. The van der Waals surface area contributed by atoms with Crippen LogP contribution in [0.4, 0.5) is 0 Å². The molecule has 3 aromatic rings. The molecule has 0 saturated heterocycles. The number of aromatic nitrogens is 2. The van der Waals surface area contributed by atoms with Crippen molar-refractivity contribution in [2.45, 2.75) is 25.7 Å². The second-order valence-corrected chi connectivity index (χ2v) is 8.10. The van der Waals surface area contributed by atoms with E-state index in [1.165, 1.54) is 13.8 Å². The van der Waals surface area contributed by atoms with E-state index in [0.29, 0.717) is 16.6 Å². The Kier molecular flexibility index (Phi) is 4.38. The first kappa shape index (κ1) is 17.6. The fourth-order valence-electron chi connectivity index (χ4n) is 2.61. The molecule has 0 saturated carbocycles. The molecule has 0 aliphatic carbocycles. The van der Waals surface area contributed by atoms with E-state index in [1.54, 1.807) is 31.2 Å². The fourth-order valence-corrected chi connectivity index (χ4v) is 4.26. The Bertz CT molecular complexity index is 1080. The lowest BCUT2D eigenvalue weighted by molar-refractivity contribution is 0.0983. The van der Waals surface area contributed by atoms with Crippen molar-refractivity contribution in [2.75, 3.05) is 0 Å². The maximum atomic E-state index is 12.6. The third-order valence-electron chi connectivity index (χ3n) is 3.61. The molecule has 9 heteroatoms. The smallest absolute Gasteiger partial charge is 0.269 e. The van der Waals surface area contributed by atoms with Crippen molar-refractivity contribution in [3.05, 3.63) is 51.4 Å². The van der Waals surface area contributed by atoms with Gasteiger partial charge in [-0.15, -0.1) is 0 Å². The van der Waals surface area contributed by atoms with Crippen LogP contribution in [0, 0.1) is 20.8 Å². The third kappa shape index (κ3) is 3.29. The first-order chi connectivity index (χ1) is 11.7.